The molecule has 2 aromatic heterocycles. The molecule has 0 aliphatic carbocycles. The Morgan fingerprint density at radius 1 is 1.32 bits per heavy atom. The minimum atomic E-state index is -0.611. The van der Waals surface area contributed by atoms with Crippen molar-refractivity contribution >= 4 is 11.3 Å². The Labute approximate surface area is 117 Å². The monoisotopic (exact) mass is 276 g/mol. The topological polar surface area (TPSA) is 48.0 Å². The first kappa shape index (κ1) is 14.0. The molecule has 2 N–H and O–H groups in total. The summed E-state index contributed by atoms with van der Waals surface area (Å²) in [7, 11) is 0. The Hall–Kier alpha value is -1.39. The summed E-state index contributed by atoms with van der Waals surface area (Å²) in [6.07, 6.45) is 0.923. The predicted molar refractivity (Wildman–Crippen MR) is 81.5 cm³/mol. The molecule has 0 aromatic carbocycles. The molecule has 0 atom stereocenters. The third kappa shape index (κ3) is 2.80. The number of pyridine rings is 1. The van der Waals surface area contributed by atoms with Crippen LogP contribution in [0.4, 0.5) is 0 Å². The van der Waals surface area contributed by atoms with Gasteiger partial charge in [0, 0.05) is 17.6 Å². The highest BCUT2D eigenvalue weighted by atomic mass is 32.1. The summed E-state index contributed by atoms with van der Waals surface area (Å²) in [5.41, 5.74) is 7.15. The van der Waals surface area contributed by atoms with Gasteiger partial charge in [0.15, 0.2) is 0 Å². The normalized spacial score (nSPS) is 11.8. The van der Waals surface area contributed by atoms with E-state index in [9.17, 15) is 4.79 Å². The first-order valence-corrected chi connectivity index (χ1v) is 7.40. The van der Waals surface area contributed by atoms with E-state index in [1.54, 1.807) is 11.3 Å². The summed E-state index contributed by atoms with van der Waals surface area (Å²) >= 11 is 1.65. The van der Waals surface area contributed by atoms with Gasteiger partial charge in [-0.15, -0.1) is 11.3 Å². The molecular formula is C15H20N2OS. The molecule has 0 amide bonds. The van der Waals surface area contributed by atoms with E-state index in [1.165, 1.54) is 0 Å². The highest BCUT2D eigenvalue weighted by Gasteiger charge is 2.21. The van der Waals surface area contributed by atoms with Crippen LogP contribution in [0.1, 0.15) is 32.8 Å². The zero-order valence-corrected chi connectivity index (χ0v) is 12.5. The molecule has 0 spiro atoms. The van der Waals surface area contributed by atoms with Crippen molar-refractivity contribution in [1.82, 2.24) is 4.57 Å². The maximum absolute atomic E-state index is 12.6. The van der Waals surface area contributed by atoms with Crippen molar-refractivity contribution in [2.45, 2.75) is 39.3 Å². The van der Waals surface area contributed by atoms with Gasteiger partial charge in [-0.2, -0.15) is 0 Å². The van der Waals surface area contributed by atoms with E-state index < -0.39 is 5.54 Å². The number of nitrogens with two attached hydrogens (primary N) is 1. The van der Waals surface area contributed by atoms with Crippen LogP contribution in [-0.4, -0.2) is 4.57 Å². The lowest BCUT2D eigenvalue weighted by atomic mass is 9.96. The smallest absolute Gasteiger partial charge is 0.256 e. The molecule has 0 unspecified atom stereocenters. The summed E-state index contributed by atoms with van der Waals surface area (Å²) < 4.78 is 1.84. The first-order chi connectivity index (χ1) is 8.95. The molecular weight excluding hydrogens is 256 g/mol. The van der Waals surface area contributed by atoms with Gasteiger partial charge in [-0.25, -0.2) is 0 Å². The Morgan fingerprint density at radius 3 is 2.58 bits per heavy atom. The lowest BCUT2D eigenvalue weighted by molar-refractivity contribution is 0.532. The van der Waals surface area contributed by atoms with Crippen LogP contribution in [-0.2, 0) is 12.1 Å². The molecule has 102 valence electrons. The van der Waals surface area contributed by atoms with Crippen molar-refractivity contribution in [2.24, 2.45) is 5.73 Å². The fraction of sp³-hybridized carbons (Fsp3) is 0.400. The molecule has 0 radical (unpaired) electrons. The van der Waals surface area contributed by atoms with Crippen molar-refractivity contribution in [3.63, 3.8) is 0 Å². The standard InChI is InChI=1S/C15H20N2OS/c1-4-9-17-12(13-6-5-10-19-13)8-7-11(14(17)18)15(2,3)16/h5-8,10H,4,9,16H2,1-3H3. The van der Waals surface area contributed by atoms with Crippen LogP contribution >= 0.6 is 11.3 Å². The molecule has 0 fully saturated rings. The SMILES string of the molecule is CCCn1c(-c2cccs2)ccc(C(C)(C)N)c1=O. The molecule has 2 rings (SSSR count). The molecule has 0 aliphatic heterocycles. The third-order valence-corrected chi connectivity index (χ3v) is 3.98. The average molecular weight is 276 g/mol. The van der Waals surface area contributed by atoms with E-state index in [2.05, 4.69) is 6.92 Å². The van der Waals surface area contributed by atoms with Crippen molar-refractivity contribution < 1.29 is 0 Å². The number of aromatic nitrogens is 1. The zero-order chi connectivity index (χ0) is 14.0. The van der Waals surface area contributed by atoms with Crippen molar-refractivity contribution in [3.05, 3.63) is 45.6 Å². The zero-order valence-electron chi connectivity index (χ0n) is 11.6. The Morgan fingerprint density at radius 2 is 2.05 bits per heavy atom. The van der Waals surface area contributed by atoms with Crippen LogP contribution in [0, 0.1) is 0 Å². The van der Waals surface area contributed by atoms with Crippen molar-refractivity contribution in [1.29, 1.82) is 0 Å². The highest BCUT2D eigenvalue weighted by Crippen LogP contribution is 2.25. The quantitative estimate of drug-likeness (QED) is 0.932. The van der Waals surface area contributed by atoms with Gasteiger partial charge in [0.2, 0.25) is 0 Å². The van der Waals surface area contributed by atoms with Crippen LogP contribution in [0.3, 0.4) is 0 Å². The fourth-order valence-corrected chi connectivity index (χ4v) is 2.91. The molecule has 0 aliphatic rings. The molecule has 19 heavy (non-hydrogen) atoms. The van der Waals surface area contributed by atoms with Gasteiger partial charge in [-0.3, -0.25) is 4.79 Å². The predicted octanol–water partition coefficient (Wildman–Crippen LogP) is 3.18. The third-order valence-electron chi connectivity index (χ3n) is 3.09. The van der Waals surface area contributed by atoms with Crippen LogP contribution in [0.2, 0.25) is 0 Å². The molecule has 0 saturated heterocycles. The Kier molecular flexibility index (Phi) is 3.92. The number of hydrogen-bond acceptors (Lipinski definition) is 3. The average Bonchev–Trinajstić information content (AvgIpc) is 2.83. The number of thiophene rings is 1. The van der Waals surface area contributed by atoms with Crippen LogP contribution in [0.25, 0.3) is 10.6 Å². The van der Waals surface area contributed by atoms with Gasteiger partial charge in [0.05, 0.1) is 10.6 Å². The lowest BCUT2D eigenvalue weighted by Gasteiger charge is -2.21. The maximum atomic E-state index is 12.6. The van der Waals surface area contributed by atoms with E-state index >= 15 is 0 Å². The fourth-order valence-electron chi connectivity index (χ4n) is 2.15. The maximum Gasteiger partial charge on any atom is 0.256 e. The summed E-state index contributed by atoms with van der Waals surface area (Å²) in [6.45, 7) is 6.52. The summed E-state index contributed by atoms with van der Waals surface area (Å²) in [4.78, 5) is 13.7. The van der Waals surface area contributed by atoms with E-state index in [4.69, 9.17) is 5.73 Å². The van der Waals surface area contributed by atoms with E-state index in [0.717, 1.165) is 23.5 Å². The van der Waals surface area contributed by atoms with Gasteiger partial charge >= 0.3 is 0 Å². The largest absolute Gasteiger partial charge is 0.322 e. The van der Waals surface area contributed by atoms with Gasteiger partial charge < -0.3 is 10.3 Å². The number of rotatable bonds is 4. The highest BCUT2D eigenvalue weighted by molar-refractivity contribution is 7.13. The summed E-state index contributed by atoms with van der Waals surface area (Å²) in [5, 5.41) is 2.02. The van der Waals surface area contributed by atoms with Gasteiger partial charge in [0.25, 0.3) is 5.56 Å². The van der Waals surface area contributed by atoms with Gasteiger partial charge in [-0.05, 0) is 43.8 Å². The number of hydrogen-bond donors (Lipinski definition) is 1. The van der Waals surface area contributed by atoms with Gasteiger partial charge in [-0.1, -0.05) is 13.0 Å². The van der Waals surface area contributed by atoms with Crippen molar-refractivity contribution in [2.75, 3.05) is 0 Å². The lowest BCUT2D eigenvalue weighted by Crippen LogP contribution is -2.38. The molecule has 0 saturated carbocycles. The second kappa shape index (κ2) is 5.31. The van der Waals surface area contributed by atoms with E-state index in [-0.39, 0.29) is 5.56 Å². The number of nitrogens with zero attached hydrogens (tertiary/aromatic N) is 1. The molecule has 2 heterocycles. The second-order valence-corrected chi connectivity index (χ2v) is 6.24. The minimum Gasteiger partial charge on any atom is -0.322 e. The minimum absolute atomic E-state index is 0.0280. The Bertz CT molecular complexity index is 606. The summed E-state index contributed by atoms with van der Waals surface area (Å²) in [6, 6.07) is 7.91. The molecule has 3 nitrogen and oxygen atoms in total. The van der Waals surface area contributed by atoms with E-state index in [0.29, 0.717) is 5.56 Å². The van der Waals surface area contributed by atoms with Crippen LogP contribution < -0.4 is 11.3 Å². The Balaban J connectivity index is 2.65. The molecule has 2 aromatic rings. The first-order valence-electron chi connectivity index (χ1n) is 6.52. The van der Waals surface area contributed by atoms with Crippen LogP contribution in [0.15, 0.2) is 34.4 Å². The summed E-state index contributed by atoms with van der Waals surface area (Å²) in [5.74, 6) is 0. The molecule has 0 bridgehead atoms. The van der Waals surface area contributed by atoms with Crippen molar-refractivity contribution in [3.8, 4) is 10.6 Å². The molecule has 4 heteroatoms. The van der Waals surface area contributed by atoms with E-state index in [1.807, 2.05) is 48.1 Å². The second-order valence-electron chi connectivity index (χ2n) is 5.29. The van der Waals surface area contributed by atoms with Crippen LogP contribution in [0.5, 0.6) is 0 Å². The van der Waals surface area contributed by atoms with Gasteiger partial charge in [0.1, 0.15) is 0 Å².